The summed E-state index contributed by atoms with van der Waals surface area (Å²) >= 11 is 0. The quantitative estimate of drug-likeness (QED) is 0.338. The molecule has 2 atom stereocenters. The van der Waals surface area contributed by atoms with Gasteiger partial charge in [0.15, 0.2) is 6.23 Å². The number of rotatable bonds is 9. The van der Waals surface area contributed by atoms with E-state index in [9.17, 15) is 19.2 Å². The van der Waals surface area contributed by atoms with Crippen LogP contribution in [0.15, 0.2) is 0 Å². The van der Waals surface area contributed by atoms with Gasteiger partial charge in [0.2, 0.25) is 0 Å². The van der Waals surface area contributed by atoms with Crippen LogP contribution in [-0.2, 0) is 19.1 Å². The first-order valence-electron chi connectivity index (χ1n) is 6.66. The molecular formula is C13H26N2O7S2. The van der Waals surface area contributed by atoms with Crippen LogP contribution in [-0.4, -0.2) is 46.9 Å². The van der Waals surface area contributed by atoms with E-state index in [1.54, 1.807) is 0 Å². The molecule has 0 aromatic heterocycles. The van der Waals surface area contributed by atoms with Gasteiger partial charge in [-0.15, -0.1) is 0 Å². The highest BCUT2D eigenvalue weighted by molar-refractivity contribution is 7.59. The highest BCUT2D eigenvalue weighted by Crippen LogP contribution is 2.20. The van der Waals surface area contributed by atoms with Crippen LogP contribution in [0.3, 0.4) is 0 Å². The van der Waals surface area contributed by atoms with Gasteiger partial charge in [-0.2, -0.15) is 27.0 Å². The minimum Gasteiger partial charge on any atom is -0.481 e. The van der Waals surface area contributed by atoms with Gasteiger partial charge in [0, 0.05) is 6.42 Å². The molecule has 0 aromatic rings. The molecule has 0 radical (unpaired) electrons. The second kappa shape index (κ2) is 12.8. The van der Waals surface area contributed by atoms with Crippen molar-refractivity contribution in [3.63, 3.8) is 0 Å². The van der Waals surface area contributed by atoms with Crippen molar-refractivity contribution in [2.75, 3.05) is 0 Å². The molecule has 0 rings (SSSR count). The number of carbonyl (C=O) groups excluding carboxylic acids is 2. The summed E-state index contributed by atoms with van der Waals surface area (Å²) in [5, 5.41) is 22.1. The zero-order chi connectivity index (χ0) is 17.3. The molecule has 1 unspecified atom stereocenters. The molecule has 0 spiro atoms. The van der Waals surface area contributed by atoms with Gasteiger partial charge in [0.05, 0.1) is 6.42 Å². The molecule has 4 N–H and O–H groups in total. The fourth-order valence-electron chi connectivity index (χ4n) is 1.65. The molecule has 0 aromatic carbocycles. The largest absolute Gasteiger partial charge is 0.481 e. The number of carbonyl (C=O) groups is 4. The molecule has 11 heteroatoms. The summed E-state index contributed by atoms with van der Waals surface area (Å²) in [4.78, 5) is 43.7. The number of amides is 2. The number of urea groups is 1. The van der Waals surface area contributed by atoms with Crippen molar-refractivity contribution in [2.45, 2.75) is 52.3 Å². The first kappa shape index (κ1) is 27.2. The predicted octanol–water partition coefficient (Wildman–Crippen LogP) is 0.765. The number of hydrogen-bond donors (Lipinski definition) is 4. The summed E-state index contributed by atoms with van der Waals surface area (Å²) in [6, 6.07) is -1.97. The number of carboxylic acid groups (broad SMARTS) is 2. The molecule has 0 saturated heterocycles. The Hall–Kier alpha value is -1.62. The number of hydrogen-bond acceptors (Lipinski definition) is 5. The minimum absolute atomic E-state index is 0. The highest BCUT2D eigenvalue weighted by atomic mass is 32.1. The molecule has 0 saturated carbocycles. The summed E-state index contributed by atoms with van der Waals surface area (Å²) in [6.45, 7) is 5.56. The van der Waals surface area contributed by atoms with Crippen molar-refractivity contribution in [2.24, 2.45) is 5.41 Å². The second-order valence-corrected chi connectivity index (χ2v) is 5.93. The number of carboxylic acids is 2. The van der Waals surface area contributed by atoms with E-state index < -0.39 is 30.2 Å². The molecule has 0 bridgehead atoms. The molecule has 0 aliphatic heterocycles. The van der Waals surface area contributed by atoms with Crippen molar-refractivity contribution < 1.29 is 34.1 Å². The molecule has 142 valence electrons. The van der Waals surface area contributed by atoms with Gasteiger partial charge >= 0.3 is 18.0 Å². The molecule has 0 aliphatic rings. The molecule has 9 nitrogen and oxygen atoms in total. The normalized spacial score (nSPS) is 12.5. The zero-order valence-corrected chi connectivity index (χ0v) is 15.8. The van der Waals surface area contributed by atoms with Crippen LogP contribution in [0.5, 0.6) is 0 Å². The molecular weight excluding hydrogens is 360 g/mol. The van der Waals surface area contributed by atoms with E-state index in [-0.39, 0.29) is 58.1 Å². The smallest absolute Gasteiger partial charge is 0.326 e. The summed E-state index contributed by atoms with van der Waals surface area (Å²) < 4.78 is 4.54. The van der Waals surface area contributed by atoms with Gasteiger partial charge in [-0.25, -0.2) is 9.59 Å². The van der Waals surface area contributed by atoms with Gasteiger partial charge in [-0.1, -0.05) is 20.8 Å². The van der Waals surface area contributed by atoms with E-state index in [0.29, 0.717) is 0 Å². The Morgan fingerprint density at radius 3 is 2.04 bits per heavy atom. The van der Waals surface area contributed by atoms with Gasteiger partial charge in [-0.3, -0.25) is 9.59 Å². The van der Waals surface area contributed by atoms with E-state index in [1.807, 2.05) is 20.8 Å². The van der Waals surface area contributed by atoms with Crippen LogP contribution in [0.4, 0.5) is 4.79 Å². The SMILES string of the molecule is CC(C)(C)C[C@H](NC(=O)NC(CCC(=O)O)OC=O)C(=O)O.S.S. The third-order valence-corrected chi connectivity index (χ3v) is 2.55. The van der Waals surface area contributed by atoms with E-state index in [4.69, 9.17) is 10.2 Å². The lowest BCUT2D eigenvalue weighted by atomic mass is 9.88. The lowest BCUT2D eigenvalue weighted by Gasteiger charge is -2.25. The number of nitrogens with one attached hydrogen (secondary N) is 2. The summed E-state index contributed by atoms with van der Waals surface area (Å²) in [5.74, 6) is -2.30. The maximum Gasteiger partial charge on any atom is 0.326 e. The molecule has 0 aliphatic carbocycles. The summed E-state index contributed by atoms with van der Waals surface area (Å²) in [7, 11) is 0. The van der Waals surface area contributed by atoms with Crippen LogP contribution >= 0.6 is 27.0 Å². The van der Waals surface area contributed by atoms with Crippen LogP contribution in [0.1, 0.15) is 40.0 Å². The van der Waals surface area contributed by atoms with Crippen molar-refractivity contribution in [3.05, 3.63) is 0 Å². The fraction of sp³-hybridized carbons (Fsp3) is 0.692. The number of ether oxygens (including phenoxy) is 1. The summed E-state index contributed by atoms with van der Waals surface area (Å²) in [6.07, 6.45) is -1.39. The van der Waals surface area contributed by atoms with Crippen molar-refractivity contribution in [1.29, 1.82) is 0 Å². The van der Waals surface area contributed by atoms with Crippen LogP contribution in [0, 0.1) is 5.41 Å². The topological polar surface area (TPSA) is 142 Å². The molecule has 0 heterocycles. The first-order valence-corrected chi connectivity index (χ1v) is 6.66. The molecule has 2 amide bonds. The fourth-order valence-corrected chi connectivity index (χ4v) is 1.65. The van der Waals surface area contributed by atoms with Crippen molar-refractivity contribution in [1.82, 2.24) is 10.6 Å². The molecule has 0 fully saturated rings. The summed E-state index contributed by atoms with van der Waals surface area (Å²) in [5.41, 5.74) is -0.321. The van der Waals surface area contributed by atoms with Crippen molar-refractivity contribution in [3.8, 4) is 0 Å². The maximum absolute atomic E-state index is 11.7. The average Bonchev–Trinajstić information content (AvgIpc) is 2.33. The van der Waals surface area contributed by atoms with E-state index >= 15 is 0 Å². The Bertz CT molecular complexity index is 427. The molecule has 24 heavy (non-hydrogen) atoms. The van der Waals surface area contributed by atoms with E-state index in [1.165, 1.54) is 0 Å². The number of aliphatic carboxylic acids is 2. The lowest BCUT2D eigenvalue weighted by Crippen LogP contribution is -2.50. The van der Waals surface area contributed by atoms with Crippen LogP contribution in [0.2, 0.25) is 0 Å². The highest BCUT2D eigenvalue weighted by Gasteiger charge is 2.27. The minimum atomic E-state index is -1.19. The zero-order valence-electron chi connectivity index (χ0n) is 13.8. The van der Waals surface area contributed by atoms with Gasteiger partial charge in [-0.05, 0) is 11.8 Å². The predicted molar refractivity (Wildman–Crippen MR) is 95.7 cm³/mol. The standard InChI is InChI=1S/C13H22N2O7.2H2S/c1-13(2,3)6-8(11(19)20)14-12(21)15-9(22-7-16)4-5-10(17)18;;/h7-9H,4-6H2,1-3H3,(H,17,18)(H,19,20)(H2,14,15,21);2*1H2/t8-,9?;;/m0../s1. The van der Waals surface area contributed by atoms with E-state index in [0.717, 1.165) is 0 Å². The third kappa shape index (κ3) is 14.0. The third-order valence-electron chi connectivity index (χ3n) is 2.55. The average molecular weight is 386 g/mol. The van der Waals surface area contributed by atoms with Gasteiger partial charge in [0.1, 0.15) is 6.04 Å². The van der Waals surface area contributed by atoms with Gasteiger partial charge in [0.25, 0.3) is 6.47 Å². The van der Waals surface area contributed by atoms with Crippen LogP contribution in [0.25, 0.3) is 0 Å². The maximum atomic E-state index is 11.7. The van der Waals surface area contributed by atoms with Crippen LogP contribution < -0.4 is 10.6 Å². The first-order chi connectivity index (χ1) is 10.0. The Balaban J connectivity index is -0.00000220. The van der Waals surface area contributed by atoms with Gasteiger partial charge < -0.3 is 25.6 Å². The Morgan fingerprint density at radius 2 is 1.67 bits per heavy atom. The second-order valence-electron chi connectivity index (χ2n) is 5.93. The Kier molecular flexibility index (Phi) is 14.5. The van der Waals surface area contributed by atoms with Crippen molar-refractivity contribution >= 4 is 51.4 Å². The lowest BCUT2D eigenvalue weighted by molar-refractivity contribution is -0.141. The van der Waals surface area contributed by atoms with E-state index in [2.05, 4.69) is 15.4 Å². The Labute approximate surface area is 154 Å². The Morgan fingerprint density at radius 1 is 1.12 bits per heavy atom. The monoisotopic (exact) mass is 386 g/mol.